The van der Waals surface area contributed by atoms with Crippen LogP contribution < -0.4 is 11.2 Å². The first-order chi connectivity index (χ1) is 5.45. The summed E-state index contributed by atoms with van der Waals surface area (Å²) in [7, 11) is 0. The number of carboxylic acids is 1. The van der Waals surface area contributed by atoms with E-state index in [1.54, 1.807) is 13.8 Å². The molecule has 5 nitrogen and oxygen atoms in total. The third-order valence-corrected chi connectivity index (χ3v) is 1.14. The van der Waals surface area contributed by atoms with Crippen LogP contribution in [0.5, 0.6) is 0 Å². The summed E-state index contributed by atoms with van der Waals surface area (Å²) in [5.74, 6) is -1.25. The fourth-order valence-electron chi connectivity index (χ4n) is 0.539. The smallest absolute Gasteiger partial charge is 0.352 e. The molecular weight excluding hydrogens is 178 g/mol. The molecule has 0 saturated carbocycles. The van der Waals surface area contributed by atoms with E-state index >= 15 is 0 Å². The number of aliphatic carboxylic acids is 1. The molecule has 0 heterocycles. The Morgan fingerprint density at radius 2 is 2.17 bits per heavy atom. The lowest BCUT2D eigenvalue weighted by Gasteiger charge is -2.04. The van der Waals surface area contributed by atoms with Crippen molar-refractivity contribution in [3.05, 3.63) is 0 Å². The SMILES string of the molecule is CC(C)/C(=N/NC(N)=S)C(=O)O. The summed E-state index contributed by atoms with van der Waals surface area (Å²) >= 11 is 4.45. The minimum atomic E-state index is -1.08. The molecule has 0 unspecified atom stereocenters. The van der Waals surface area contributed by atoms with E-state index in [1.165, 1.54) is 0 Å². The number of nitrogens with zero attached hydrogens (tertiary/aromatic N) is 1. The Morgan fingerprint density at radius 3 is 2.42 bits per heavy atom. The molecule has 0 fully saturated rings. The third-order valence-electron chi connectivity index (χ3n) is 1.05. The zero-order chi connectivity index (χ0) is 9.72. The van der Waals surface area contributed by atoms with Crippen LogP contribution in [0.25, 0.3) is 0 Å². The van der Waals surface area contributed by atoms with Crippen molar-refractivity contribution in [3.63, 3.8) is 0 Å². The van der Waals surface area contributed by atoms with Gasteiger partial charge in [0.15, 0.2) is 5.11 Å². The summed E-state index contributed by atoms with van der Waals surface area (Å²) in [5.41, 5.74) is 7.29. The van der Waals surface area contributed by atoms with Crippen LogP contribution in [0.4, 0.5) is 0 Å². The molecule has 0 aliphatic heterocycles. The molecule has 0 atom stereocenters. The van der Waals surface area contributed by atoms with Gasteiger partial charge in [0.2, 0.25) is 0 Å². The van der Waals surface area contributed by atoms with E-state index in [9.17, 15) is 4.79 Å². The van der Waals surface area contributed by atoms with Crippen LogP contribution in [0.1, 0.15) is 13.8 Å². The maximum atomic E-state index is 10.5. The van der Waals surface area contributed by atoms with Gasteiger partial charge in [-0.3, -0.25) is 5.43 Å². The lowest BCUT2D eigenvalue weighted by Crippen LogP contribution is -2.29. The molecule has 0 aromatic carbocycles. The van der Waals surface area contributed by atoms with Gasteiger partial charge in [-0.15, -0.1) is 0 Å². The van der Waals surface area contributed by atoms with Gasteiger partial charge in [0, 0.05) is 5.92 Å². The molecule has 12 heavy (non-hydrogen) atoms. The zero-order valence-electron chi connectivity index (χ0n) is 6.87. The Hall–Kier alpha value is -1.17. The van der Waals surface area contributed by atoms with Gasteiger partial charge in [-0.2, -0.15) is 5.10 Å². The van der Waals surface area contributed by atoms with Crippen molar-refractivity contribution in [1.29, 1.82) is 0 Å². The van der Waals surface area contributed by atoms with E-state index in [4.69, 9.17) is 10.8 Å². The second kappa shape index (κ2) is 4.66. The maximum Gasteiger partial charge on any atom is 0.352 e. The van der Waals surface area contributed by atoms with Gasteiger partial charge in [-0.25, -0.2) is 4.79 Å². The number of carboxylic acid groups (broad SMARTS) is 1. The molecule has 6 heteroatoms. The molecule has 0 bridgehead atoms. The van der Waals surface area contributed by atoms with Crippen molar-refractivity contribution < 1.29 is 9.90 Å². The van der Waals surface area contributed by atoms with Gasteiger partial charge in [0.05, 0.1) is 0 Å². The highest BCUT2D eigenvalue weighted by molar-refractivity contribution is 7.80. The average molecular weight is 189 g/mol. The first-order valence-corrected chi connectivity index (χ1v) is 3.72. The van der Waals surface area contributed by atoms with E-state index in [-0.39, 0.29) is 16.7 Å². The fourth-order valence-corrected chi connectivity index (χ4v) is 0.585. The highest BCUT2D eigenvalue weighted by Gasteiger charge is 2.13. The van der Waals surface area contributed by atoms with Gasteiger partial charge in [-0.05, 0) is 12.2 Å². The first-order valence-electron chi connectivity index (χ1n) is 3.31. The van der Waals surface area contributed by atoms with Gasteiger partial charge < -0.3 is 10.8 Å². The normalized spacial score (nSPS) is 11.4. The first kappa shape index (κ1) is 10.8. The number of thiocarbonyl (C=S) groups is 1. The number of nitrogens with one attached hydrogen (secondary N) is 1. The van der Waals surface area contributed by atoms with Crippen LogP contribution in [-0.4, -0.2) is 21.9 Å². The average Bonchev–Trinajstić information content (AvgIpc) is 1.84. The third kappa shape index (κ3) is 3.87. The second-order valence-corrected chi connectivity index (χ2v) is 2.87. The molecule has 0 saturated heterocycles. The summed E-state index contributed by atoms with van der Waals surface area (Å²) in [6.45, 7) is 3.43. The monoisotopic (exact) mass is 189 g/mol. The number of carbonyl (C=O) groups is 1. The van der Waals surface area contributed by atoms with Crippen LogP contribution in [0, 0.1) is 5.92 Å². The topological polar surface area (TPSA) is 87.7 Å². The van der Waals surface area contributed by atoms with E-state index in [1.807, 2.05) is 0 Å². The predicted molar refractivity (Wildman–Crippen MR) is 49.8 cm³/mol. The largest absolute Gasteiger partial charge is 0.477 e. The number of hydrogen-bond acceptors (Lipinski definition) is 3. The van der Waals surface area contributed by atoms with Crippen LogP contribution >= 0.6 is 12.2 Å². The summed E-state index contributed by atoms with van der Waals surface area (Å²) in [6, 6.07) is 0. The van der Waals surface area contributed by atoms with Crippen molar-refractivity contribution in [1.82, 2.24) is 5.43 Å². The molecule has 0 spiro atoms. The summed E-state index contributed by atoms with van der Waals surface area (Å²) in [6.07, 6.45) is 0. The van der Waals surface area contributed by atoms with Crippen molar-refractivity contribution in [2.24, 2.45) is 16.8 Å². The number of nitrogens with two attached hydrogens (primary N) is 1. The van der Waals surface area contributed by atoms with Gasteiger partial charge >= 0.3 is 5.97 Å². The highest BCUT2D eigenvalue weighted by Crippen LogP contribution is 1.96. The van der Waals surface area contributed by atoms with E-state index in [0.29, 0.717) is 0 Å². The molecule has 0 aromatic rings. The van der Waals surface area contributed by atoms with Gasteiger partial charge in [0.1, 0.15) is 5.71 Å². The molecule has 0 amide bonds. The van der Waals surface area contributed by atoms with Crippen LogP contribution in [0.2, 0.25) is 0 Å². The summed E-state index contributed by atoms with van der Waals surface area (Å²) in [4.78, 5) is 10.5. The quantitative estimate of drug-likeness (QED) is 0.328. The number of hydrazone groups is 1. The molecule has 0 aromatic heterocycles. The number of hydrogen-bond donors (Lipinski definition) is 3. The molecule has 0 radical (unpaired) electrons. The molecular formula is C6H11N3O2S. The molecule has 68 valence electrons. The van der Waals surface area contributed by atoms with E-state index in [0.717, 1.165) is 0 Å². The Labute approximate surface area is 75.6 Å². The van der Waals surface area contributed by atoms with Crippen molar-refractivity contribution in [2.75, 3.05) is 0 Å². The Bertz CT molecular complexity index is 225. The Balaban J connectivity index is 4.40. The van der Waals surface area contributed by atoms with Gasteiger partial charge in [0.25, 0.3) is 0 Å². The Morgan fingerprint density at radius 1 is 1.67 bits per heavy atom. The Kier molecular flexibility index (Phi) is 4.20. The summed E-state index contributed by atoms with van der Waals surface area (Å²) < 4.78 is 0. The van der Waals surface area contributed by atoms with E-state index in [2.05, 4.69) is 22.7 Å². The lowest BCUT2D eigenvalue weighted by atomic mass is 10.1. The minimum absolute atomic E-state index is 0.00259. The van der Waals surface area contributed by atoms with Crippen molar-refractivity contribution >= 4 is 29.0 Å². The van der Waals surface area contributed by atoms with Crippen molar-refractivity contribution in [2.45, 2.75) is 13.8 Å². The highest BCUT2D eigenvalue weighted by atomic mass is 32.1. The maximum absolute atomic E-state index is 10.5. The fraction of sp³-hybridized carbons (Fsp3) is 0.500. The minimum Gasteiger partial charge on any atom is -0.477 e. The predicted octanol–water partition coefficient (Wildman–Crippen LogP) is -0.0838. The molecule has 0 rings (SSSR count). The van der Waals surface area contributed by atoms with Crippen LogP contribution in [-0.2, 0) is 4.79 Å². The lowest BCUT2D eigenvalue weighted by molar-refractivity contribution is -0.129. The zero-order valence-corrected chi connectivity index (χ0v) is 7.68. The number of rotatable bonds is 3. The second-order valence-electron chi connectivity index (χ2n) is 2.43. The molecule has 4 N–H and O–H groups in total. The van der Waals surface area contributed by atoms with E-state index < -0.39 is 5.97 Å². The summed E-state index contributed by atoms with van der Waals surface area (Å²) in [5, 5.41) is 12.1. The molecule has 0 aliphatic carbocycles. The standard InChI is InChI=1S/C6H11N3O2S/c1-3(2)4(5(10)11)8-9-6(7)12/h3H,1-2H3,(H,10,11)(H3,7,9,12)/b8-4-. The molecule has 0 aliphatic rings. The van der Waals surface area contributed by atoms with Crippen LogP contribution in [0.3, 0.4) is 0 Å². The van der Waals surface area contributed by atoms with Gasteiger partial charge in [-0.1, -0.05) is 13.8 Å². The van der Waals surface area contributed by atoms with Crippen LogP contribution in [0.15, 0.2) is 5.10 Å². The van der Waals surface area contributed by atoms with Crippen molar-refractivity contribution in [3.8, 4) is 0 Å².